The van der Waals surface area contributed by atoms with Crippen LogP contribution < -0.4 is 21.3 Å². The van der Waals surface area contributed by atoms with Crippen LogP contribution in [-0.4, -0.2) is 31.3 Å². The molecule has 11 heteroatoms. The zero-order valence-corrected chi connectivity index (χ0v) is 23.5. The predicted molar refractivity (Wildman–Crippen MR) is 156 cm³/mol. The van der Waals surface area contributed by atoms with Crippen LogP contribution in [0.25, 0.3) is 5.69 Å². The minimum absolute atomic E-state index is 0.0775. The SMILES string of the molecule is O=C(NC1(Cc2ccccc2)CCCCC1)c1cc(Oc2c(Cl)cc(-n3ncc(=O)[nH]c3=O)cc2Cl)ccc1CO. The number of carbonyl (C=O) groups excluding carboxylic acids is 1. The average molecular weight is 595 g/mol. The van der Waals surface area contributed by atoms with Gasteiger partial charge in [0.05, 0.1) is 22.3 Å². The minimum Gasteiger partial charge on any atom is -0.454 e. The molecule has 0 unspecified atom stereocenters. The van der Waals surface area contributed by atoms with Gasteiger partial charge in [0.1, 0.15) is 11.9 Å². The van der Waals surface area contributed by atoms with Gasteiger partial charge in [-0.15, -0.1) is 0 Å². The van der Waals surface area contributed by atoms with E-state index < -0.39 is 16.8 Å². The maximum Gasteiger partial charge on any atom is 0.349 e. The van der Waals surface area contributed by atoms with E-state index in [0.717, 1.165) is 55.0 Å². The third kappa shape index (κ3) is 6.53. The Morgan fingerprint density at radius 1 is 1.02 bits per heavy atom. The van der Waals surface area contributed by atoms with Crippen LogP contribution in [0.15, 0.2) is 76.4 Å². The smallest absolute Gasteiger partial charge is 0.349 e. The zero-order chi connectivity index (χ0) is 29.0. The second-order valence-electron chi connectivity index (χ2n) is 10.1. The number of nitrogens with one attached hydrogen (secondary N) is 2. The summed E-state index contributed by atoms with van der Waals surface area (Å²) >= 11 is 12.9. The van der Waals surface area contributed by atoms with E-state index in [1.54, 1.807) is 18.2 Å². The number of aromatic amines is 1. The molecule has 0 saturated heterocycles. The number of ether oxygens (including phenoxy) is 1. The molecule has 1 heterocycles. The lowest BCUT2D eigenvalue weighted by Crippen LogP contribution is -2.51. The number of aromatic nitrogens is 3. The highest BCUT2D eigenvalue weighted by Gasteiger charge is 2.34. The molecule has 3 aromatic carbocycles. The number of carbonyl (C=O) groups is 1. The monoisotopic (exact) mass is 594 g/mol. The van der Waals surface area contributed by atoms with Gasteiger partial charge in [0.25, 0.3) is 11.5 Å². The molecule has 0 radical (unpaired) electrons. The molecule has 1 aliphatic rings. The Morgan fingerprint density at radius 2 is 1.73 bits per heavy atom. The number of aliphatic hydroxyl groups excluding tert-OH is 1. The van der Waals surface area contributed by atoms with Crippen LogP contribution in [-0.2, 0) is 13.0 Å². The standard InChI is InChI=1S/C30H28Cl2N4O5/c31-24-13-21(36-29(40)34-26(38)17-33-36)14-25(32)27(24)41-22-10-9-20(18-37)23(15-22)28(39)35-30(11-5-2-6-12-30)16-19-7-3-1-4-8-19/h1,3-4,7-10,13-15,17,37H,2,5-6,11-12,16,18H2,(H,35,39)(H,34,38,40). The Labute approximate surface area is 245 Å². The van der Waals surface area contributed by atoms with E-state index in [0.29, 0.717) is 5.56 Å². The van der Waals surface area contributed by atoms with Crippen LogP contribution in [0.1, 0.15) is 53.6 Å². The Bertz CT molecular complexity index is 1660. The van der Waals surface area contributed by atoms with Crippen LogP contribution in [0, 0.1) is 0 Å². The molecule has 1 amide bonds. The van der Waals surface area contributed by atoms with E-state index >= 15 is 0 Å². The summed E-state index contributed by atoms with van der Waals surface area (Å²) in [6, 6.07) is 17.7. The molecule has 9 nitrogen and oxygen atoms in total. The summed E-state index contributed by atoms with van der Waals surface area (Å²) in [7, 11) is 0. The van der Waals surface area contributed by atoms with Gasteiger partial charge in [-0.05, 0) is 54.7 Å². The highest BCUT2D eigenvalue weighted by molar-refractivity contribution is 6.37. The fourth-order valence-corrected chi connectivity index (χ4v) is 5.81. The molecule has 1 fully saturated rings. The van der Waals surface area contributed by atoms with Crippen LogP contribution >= 0.6 is 23.2 Å². The number of nitrogens with zero attached hydrogens (tertiary/aromatic N) is 2. The van der Waals surface area contributed by atoms with Crippen molar-refractivity contribution in [2.24, 2.45) is 0 Å². The van der Waals surface area contributed by atoms with E-state index in [2.05, 4.69) is 27.5 Å². The number of hydrogen-bond acceptors (Lipinski definition) is 6. The molecule has 0 spiro atoms. The lowest BCUT2D eigenvalue weighted by atomic mass is 9.77. The van der Waals surface area contributed by atoms with E-state index in [1.807, 2.05) is 18.2 Å². The summed E-state index contributed by atoms with van der Waals surface area (Å²) in [5.74, 6) is 0.0860. The van der Waals surface area contributed by atoms with Gasteiger partial charge in [-0.2, -0.15) is 9.78 Å². The van der Waals surface area contributed by atoms with Crippen molar-refractivity contribution < 1.29 is 14.6 Å². The lowest BCUT2D eigenvalue weighted by Gasteiger charge is -2.38. The van der Waals surface area contributed by atoms with Gasteiger partial charge >= 0.3 is 5.69 Å². The van der Waals surface area contributed by atoms with Crippen molar-refractivity contribution in [3.63, 3.8) is 0 Å². The first-order valence-electron chi connectivity index (χ1n) is 13.2. The highest BCUT2D eigenvalue weighted by Crippen LogP contribution is 2.39. The van der Waals surface area contributed by atoms with Gasteiger partial charge in [0.15, 0.2) is 5.75 Å². The molecule has 0 aliphatic heterocycles. The first kappa shape index (κ1) is 28.6. The van der Waals surface area contributed by atoms with Crippen LogP contribution in [0.2, 0.25) is 10.0 Å². The van der Waals surface area contributed by atoms with E-state index in [9.17, 15) is 19.5 Å². The normalized spacial score (nSPS) is 14.4. The van der Waals surface area contributed by atoms with Gasteiger partial charge in [0, 0.05) is 11.1 Å². The van der Waals surface area contributed by atoms with Crippen molar-refractivity contribution in [3.05, 3.63) is 114 Å². The second kappa shape index (κ2) is 12.3. The molecule has 1 aromatic heterocycles. The number of halogens is 2. The first-order valence-corrected chi connectivity index (χ1v) is 14.0. The van der Waals surface area contributed by atoms with Crippen molar-refractivity contribution in [2.45, 2.75) is 50.7 Å². The molecule has 212 valence electrons. The Hall–Kier alpha value is -3.92. The molecular weight excluding hydrogens is 567 g/mol. The van der Waals surface area contributed by atoms with Gasteiger partial charge in [-0.25, -0.2) is 4.79 Å². The number of rotatable bonds is 8. The topological polar surface area (TPSA) is 126 Å². The Kier molecular flexibility index (Phi) is 8.58. The van der Waals surface area contributed by atoms with Crippen molar-refractivity contribution in [3.8, 4) is 17.2 Å². The van der Waals surface area contributed by atoms with Crippen molar-refractivity contribution in [1.29, 1.82) is 0 Å². The number of aliphatic hydroxyl groups is 1. The number of benzene rings is 3. The molecule has 1 saturated carbocycles. The number of amides is 1. The summed E-state index contributed by atoms with van der Waals surface area (Å²) in [6.07, 6.45) is 6.58. The Balaban J connectivity index is 1.42. The first-order chi connectivity index (χ1) is 19.8. The summed E-state index contributed by atoms with van der Waals surface area (Å²) in [4.78, 5) is 39.3. The molecule has 5 rings (SSSR count). The summed E-state index contributed by atoms with van der Waals surface area (Å²) in [6.45, 7) is -0.328. The number of hydrogen-bond donors (Lipinski definition) is 3. The average Bonchev–Trinajstić information content (AvgIpc) is 2.95. The third-order valence-corrected chi connectivity index (χ3v) is 7.79. The van der Waals surface area contributed by atoms with Crippen molar-refractivity contribution >= 4 is 29.1 Å². The lowest BCUT2D eigenvalue weighted by molar-refractivity contribution is 0.0865. The maximum absolute atomic E-state index is 13.7. The van der Waals surface area contributed by atoms with Gasteiger partial charge < -0.3 is 15.2 Å². The maximum atomic E-state index is 13.7. The van der Waals surface area contributed by atoms with E-state index in [-0.39, 0.29) is 45.3 Å². The fraction of sp³-hybridized carbons (Fsp3) is 0.267. The van der Waals surface area contributed by atoms with Crippen molar-refractivity contribution in [2.75, 3.05) is 0 Å². The second-order valence-corrected chi connectivity index (χ2v) is 10.9. The van der Waals surface area contributed by atoms with Crippen LogP contribution in [0.5, 0.6) is 11.5 Å². The van der Waals surface area contributed by atoms with Gasteiger partial charge in [-0.3, -0.25) is 14.6 Å². The van der Waals surface area contributed by atoms with E-state index in [4.69, 9.17) is 27.9 Å². The molecule has 0 bridgehead atoms. The van der Waals surface area contributed by atoms with Gasteiger partial charge in [-0.1, -0.05) is 78.9 Å². The third-order valence-electron chi connectivity index (χ3n) is 7.23. The molecule has 0 atom stereocenters. The minimum atomic E-state index is -0.753. The van der Waals surface area contributed by atoms with Gasteiger partial charge in [0.2, 0.25) is 0 Å². The predicted octanol–water partition coefficient (Wildman–Crippen LogP) is 5.19. The van der Waals surface area contributed by atoms with Crippen LogP contribution in [0.3, 0.4) is 0 Å². The Morgan fingerprint density at radius 3 is 2.39 bits per heavy atom. The van der Waals surface area contributed by atoms with Crippen molar-refractivity contribution in [1.82, 2.24) is 20.1 Å². The largest absolute Gasteiger partial charge is 0.454 e. The molecule has 1 aliphatic carbocycles. The quantitative estimate of drug-likeness (QED) is 0.258. The molecule has 3 N–H and O–H groups in total. The molecular formula is C30H28Cl2N4O5. The number of H-pyrrole nitrogens is 1. The van der Waals surface area contributed by atoms with Crippen LogP contribution in [0.4, 0.5) is 0 Å². The molecule has 4 aromatic rings. The highest BCUT2D eigenvalue weighted by atomic mass is 35.5. The summed E-state index contributed by atoms with van der Waals surface area (Å²) in [5.41, 5.74) is 0.339. The zero-order valence-electron chi connectivity index (χ0n) is 22.0. The summed E-state index contributed by atoms with van der Waals surface area (Å²) < 4.78 is 6.93. The summed E-state index contributed by atoms with van der Waals surface area (Å²) in [5, 5.41) is 17.3. The van der Waals surface area contributed by atoms with E-state index in [1.165, 1.54) is 12.1 Å². The fourth-order valence-electron chi connectivity index (χ4n) is 5.26. The molecule has 41 heavy (non-hydrogen) atoms.